The van der Waals surface area contributed by atoms with Gasteiger partial charge in [0.25, 0.3) is 0 Å². The molecule has 0 unspecified atom stereocenters. The first-order valence-corrected chi connectivity index (χ1v) is 15.4. The van der Waals surface area contributed by atoms with Crippen molar-refractivity contribution in [2.75, 3.05) is 0 Å². The Hall–Kier alpha value is -5.74. The monoisotopic (exact) mass is 577 g/mol. The highest BCUT2D eigenvalue weighted by atomic mass is 16.3. The molecule has 0 atom stereocenters. The van der Waals surface area contributed by atoms with Crippen LogP contribution in [-0.2, 0) is 5.41 Å². The van der Waals surface area contributed by atoms with Crippen LogP contribution >= 0.6 is 0 Å². The van der Waals surface area contributed by atoms with Gasteiger partial charge in [-0.1, -0.05) is 98.8 Å². The molecule has 45 heavy (non-hydrogen) atoms. The van der Waals surface area contributed by atoms with Crippen LogP contribution in [0.1, 0.15) is 25.0 Å². The summed E-state index contributed by atoms with van der Waals surface area (Å²) < 4.78 is 8.63. The lowest BCUT2D eigenvalue weighted by molar-refractivity contribution is 0.660. The molecule has 1 aliphatic carbocycles. The third-order valence-electron chi connectivity index (χ3n) is 9.79. The van der Waals surface area contributed by atoms with Crippen LogP contribution in [0, 0.1) is 0 Å². The van der Waals surface area contributed by atoms with E-state index in [1.807, 2.05) is 30.3 Å². The largest absolute Gasteiger partial charge is 0.456 e. The first kappa shape index (κ1) is 24.7. The van der Waals surface area contributed by atoms with Crippen LogP contribution in [0.2, 0.25) is 0 Å². The van der Waals surface area contributed by atoms with E-state index in [9.17, 15) is 0 Å². The summed E-state index contributed by atoms with van der Waals surface area (Å²) in [5.74, 6) is 0.820. The van der Waals surface area contributed by atoms with Gasteiger partial charge in [-0.2, -0.15) is 0 Å². The second-order valence-electron chi connectivity index (χ2n) is 12.6. The molecule has 1 aliphatic rings. The van der Waals surface area contributed by atoms with Crippen LogP contribution in [0.5, 0.6) is 0 Å². The van der Waals surface area contributed by atoms with E-state index >= 15 is 0 Å². The molecular formula is C41H27N3O. The van der Waals surface area contributed by atoms with Crippen molar-refractivity contribution in [1.29, 1.82) is 0 Å². The maximum absolute atomic E-state index is 6.33. The van der Waals surface area contributed by atoms with Crippen LogP contribution in [-0.4, -0.2) is 14.5 Å². The number of furan rings is 1. The minimum Gasteiger partial charge on any atom is -0.456 e. The first-order chi connectivity index (χ1) is 22.1. The summed E-state index contributed by atoms with van der Waals surface area (Å²) in [6.45, 7) is 4.64. The first-order valence-electron chi connectivity index (χ1n) is 15.4. The summed E-state index contributed by atoms with van der Waals surface area (Å²) in [7, 11) is 0. The van der Waals surface area contributed by atoms with Gasteiger partial charge in [-0.15, -0.1) is 0 Å². The normalized spacial score (nSPS) is 13.7. The lowest BCUT2D eigenvalue weighted by Gasteiger charge is -2.22. The number of nitrogens with zero attached hydrogens (tertiary/aromatic N) is 3. The van der Waals surface area contributed by atoms with Crippen molar-refractivity contribution in [2.45, 2.75) is 19.3 Å². The van der Waals surface area contributed by atoms with Crippen molar-refractivity contribution >= 4 is 54.8 Å². The topological polar surface area (TPSA) is 43.9 Å². The molecule has 3 aromatic heterocycles. The van der Waals surface area contributed by atoms with Gasteiger partial charge in [-0.05, 0) is 64.7 Å². The Morgan fingerprint density at radius 1 is 0.533 bits per heavy atom. The molecule has 0 spiro atoms. The second-order valence-corrected chi connectivity index (χ2v) is 12.6. The summed E-state index contributed by atoms with van der Waals surface area (Å²) >= 11 is 0. The molecule has 0 aliphatic heterocycles. The van der Waals surface area contributed by atoms with Crippen LogP contribution < -0.4 is 0 Å². The number of fused-ring (bicyclic) bond motifs is 10. The molecular weight excluding hydrogens is 550 g/mol. The van der Waals surface area contributed by atoms with E-state index in [2.05, 4.69) is 115 Å². The molecule has 0 radical (unpaired) electrons. The number of benzene rings is 6. The predicted molar refractivity (Wildman–Crippen MR) is 184 cm³/mol. The van der Waals surface area contributed by atoms with Crippen molar-refractivity contribution in [3.8, 4) is 28.2 Å². The van der Waals surface area contributed by atoms with Gasteiger partial charge in [0, 0.05) is 32.5 Å². The molecule has 0 saturated carbocycles. The highest BCUT2D eigenvalue weighted by Gasteiger charge is 2.35. The Kier molecular flexibility index (Phi) is 4.76. The molecule has 0 saturated heterocycles. The second kappa shape index (κ2) is 8.67. The van der Waals surface area contributed by atoms with E-state index in [0.717, 1.165) is 71.9 Å². The van der Waals surface area contributed by atoms with E-state index in [1.54, 1.807) is 0 Å². The lowest BCUT2D eigenvalue weighted by Crippen LogP contribution is -2.15. The molecule has 10 rings (SSSR count). The number of rotatable bonds is 2. The average molecular weight is 578 g/mol. The van der Waals surface area contributed by atoms with Gasteiger partial charge in [0.15, 0.2) is 5.82 Å². The highest BCUT2D eigenvalue weighted by molar-refractivity contribution is 6.17. The Morgan fingerprint density at radius 3 is 2.13 bits per heavy atom. The molecule has 212 valence electrons. The summed E-state index contributed by atoms with van der Waals surface area (Å²) in [6, 6.07) is 45.0. The number of hydrogen-bond donors (Lipinski definition) is 0. The van der Waals surface area contributed by atoms with Crippen molar-refractivity contribution < 1.29 is 4.42 Å². The van der Waals surface area contributed by atoms with Gasteiger partial charge in [-0.3, -0.25) is 4.57 Å². The molecule has 0 amide bonds. The molecule has 3 heterocycles. The predicted octanol–water partition coefficient (Wildman–Crippen LogP) is 10.6. The Labute approximate surface area is 259 Å². The fourth-order valence-corrected chi connectivity index (χ4v) is 7.61. The van der Waals surface area contributed by atoms with Gasteiger partial charge < -0.3 is 4.42 Å². The van der Waals surface area contributed by atoms with Crippen LogP contribution in [0.15, 0.2) is 132 Å². The minimum atomic E-state index is -0.118. The van der Waals surface area contributed by atoms with E-state index in [-0.39, 0.29) is 5.41 Å². The standard InChI is InChI=1S/C41H27N3O/c1-41(2)31-14-6-3-11-25(31)26-20-19-24(21-32(26)41)39-40(43-34-16-8-7-15-33(34)42-39)44-35-17-9-4-12-27(35)29-23-38-30(22-36(29)44)28-13-5-10-18-37(28)45-38/h3-23H,1-2H3. The summed E-state index contributed by atoms with van der Waals surface area (Å²) in [5, 5.41) is 4.48. The fourth-order valence-electron chi connectivity index (χ4n) is 7.61. The van der Waals surface area contributed by atoms with Gasteiger partial charge >= 0.3 is 0 Å². The zero-order valence-corrected chi connectivity index (χ0v) is 24.9. The third-order valence-corrected chi connectivity index (χ3v) is 9.79. The molecule has 0 fully saturated rings. The maximum atomic E-state index is 6.33. The Morgan fingerprint density at radius 2 is 1.24 bits per heavy atom. The molecule has 6 aromatic carbocycles. The minimum absolute atomic E-state index is 0.118. The molecule has 4 heteroatoms. The fraction of sp³-hybridized carbons (Fsp3) is 0.0732. The average Bonchev–Trinajstić information content (AvgIpc) is 3.68. The zero-order chi connectivity index (χ0) is 29.9. The van der Waals surface area contributed by atoms with E-state index < -0.39 is 0 Å². The van der Waals surface area contributed by atoms with E-state index in [4.69, 9.17) is 14.4 Å². The summed E-state index contributed by atoms with van der Waals surface area (Å²) in [6.07, 6.45) is 0. The van der Waals surface area contributed by atoms with Crippen molar-refractivity contribution in [1.82, 2.24) is 14.5 Å². The van der Waals surface area contributed by atoms with E-state index in [0.29, 0.717) is 0 Å². The van der Waals surface area contributed by atoms with Crippen molar-refractivity contribution in [3.63, 3.8) is 0 Å². The summed E-state index contributed by atoms with van der Waals surface area (Å²) in [4.78, 5) is 10.7. The van der Waals surface area contributed by atoms with Gasteiger partial charge in [0.05, 0.1) is 22.1 Å². The van der Waals surface area contributed by atoms with Gasteiger partial charge in [0.2, 0.25) is 0 Å². The Bertz CT molecular complexity index is 2690. The van der Waals surface area contributed by atoms with Gasteiger partial charge in [-0.25, -0.2) is 9.97 Å². The molecule has 4 nitrogen and oxygen atoms in total. The van der Waals surface area contributed by atoms with Crippen LogP contribution in [0.3, 0.4) is 0 Å². The zero-order valence-electron chi connectivity index (χ0n) is 24.9. The smallest absolute Gasteiger partial charge is 0.165 e. The quantitative estimate of drug-likeness (QED) is 0.205. The number of aromatic nitrogens is 3. The maximum Gasteiger partial charge on any atom is 0.165 e. The summed E-state index contributed by atoms with van der Waals surface area (Å²) in [5.41, 5.74) is 12.8. The van der Waals surface area contributed by atoms with Crippen molar-refractivity contribution in [2.24, 2.45) is 0 Å². The molecule has 9 aromatic rings. The van der Waals surface area contributed by atoms with Gasteiger partial charge in [0.1, 0.15) is 16.9 Å². The van der Waals surface area contributed by atoms with Crippen LogP contribution in [0.4, 0.5) is 0 Å². The number of para-hydroxylation sites is 4. The lowest BCUT2D eigenvalue weighted by atomic mass is 9.82. The molecule has 0 N–H and O–H groups in total. The SMILES string of the molecule is CC1(C)c2ccccc2-c2ccc(-c3nc4ccccc4nc3-n3c4ccccc4c4cc5oc6ccccc6c5cc43)cc21. The van der Waals surface area contributed by atoms with E-state index in [1.165, 1.54) is 22.3 Å². The molecule has 0 bridgehead atoms. The third kappa shape index (κ3) is 3.31. The Balaban J connectivity index is 1.31. The highest BCUT2D eigenvalue weighted by Crippen LogP contribution is 2.50. The number of hydrogen-bond acceptors (Lipinski definition) is 3. The van der Waals surface area contributed by atoms with Crippen LogP contribution in [0.25, 0.3) is 83.0 Å². The van der Waals surface area contributed by atoms with Crippen molar-refractivity contribution in [3.05, 3.63) is 139 Å².